The van der Waals surface area contributed by atoms with E-state index >= 15 is 0 Å². The molecule has 1 atom stereocenters. The monoisotopic (exact) mass is 315 g/mol. The molecule has 0 bridgehead atoms. The number of carbonyl (C=O) groups is 1. The fourth-order valence-electron chi connectivity index (χ4n) is 2.22. The number of amides is 1. The van der Waals surface area contributed by atoms with Gasteiger partial charge >= 0.3 is 0 Å². The van der Waals surface area contributed by atoms with Crippen LogP contribution in [0.5, 0.6) is 0 Å². The highest BCUT2D eigenvalue weighted by molar-refractivity contribution is 8.00. The topological polar surface area (TPSA) is 49.3 Å². The van der Waals surface area contributed by atoms with Gasteiger partial charge in [0.2, 0.25) is 5.91 Å². The third-order valence-corrected chi connectivity index (χ3v) is 4.42. The second-order valence-electron chi connectivity index (χ2n) is 5.03. The Balaban J connectivity index is 1.80. The van der Waals surface area contributed by atoms with Crippen LogP contribution in [0.15, 0.2) is 65.6 Å². The van der Waals surface area contributed by atoms with Crippen LogP contribution in [0.2, 0.25) is 0 Å². The summed E-state index contributed by atoms with van der Waals surface area (Å²) >= 11 is 1.53. The van der Waals surface area contributed by atoms with Gasteiger partial charge in [0, 0.05) is 24.0 Å². The first-order valence-corrected chi connectivity index (χ1v) is 8.38. The van der Waals surface area contributed by atoms with Gasteiger partial charge in [-0.15, -0.1) is 11.8 Å². The molecule has 4 heteroatoms. The normalized spacial score (nSPS) is 11.9. The summed E-state index contributed by atoms with van der Waals surface area (Å²) in [6.07, 6.45) is 0.649. The van der Waals surface area contributed by atoms with Gasteiger partial charge in [-0.3, -0.25) is 4.79 Å². The van der Waals surface area contributed by atoms with E-state index in [0.29, 0.717) is 18.7 Å². The van der Waals surface area contributed by atoms with Crippen LogP contribution in [-0.2, 0) is 4.79 Å². The van der Waals surface area contributed by atoms with Crippen molar-refractivity contribution in [2.24, 2.45) is 0 Å². The number of aliphatic hydroxyl groups is 1. The molecule has 0 saturated heterocycles. The zero-order valence-electron chi connectivity index (χ0n) is 12.4. The highest BCUT2D eigenvalue weighted by Gasteiger charge is 2.12. The van der Waals surface area contributed by atoms with Crippen LogP contribution >= 0.6 is 11.8 Å². The molecular formula is C18H21NO2S. The van der Waals surface area contributed by atoms with Crippen molar-refractivity contribution in [2.75, 3.05) is 18.9 Å². The van der Waals surface area contributed by atoms with E-state index in [0.717, 1.165) is 10.5 Å². The molecule has 0 radical (unpaired) electrons. The largest absolute Gasteiger partial charge is 0.396 e. The molecule has 0 saturated carbocycles. The summed E-state index contributed by atoms with van der Waals surface area (Å²) in [6.45, 7) is 0.674. The van der Waals surface area contributed by atoms with Gasteiger partial charge in [0.05, 0.1) is 5.75 Å². The van der Waals surface area contributed by atoms with Gasteiger partial charge in [-0.05, 0) is 24.1 Å². The van der Waals surface area contributed by atoms with E-state index in [-0.39, 0.29) is 18.4 Å². The number of nitrogens with one attached hydrogen (secondary N) is 1. The highest BCUT2D eigenvalue weighted by atomic mass is 32.2. The summed E-state index contributed by atoms with van der Waals surface area (Å²) in [6, 6.07) is 19.9. The SMILES string of the molecule is O=C(CSc1ccccc1)NCC(CCO)c1ccccc1. The molecule has 116 valence electrons. The van der Waals surface area contributed by atoms with Crippen LogP contribution in [0.4, 0.5) is 0 Å². The van der Waals surface area contributed by atoms with Crippen LogP contribution in [0.1, 0.15) is 17.9 Å². The van der Waals surface area contributed by atoms with Gasteiger partial charge < -0.3 is 10.4 Å². The van der Waals surface area contributed by atoms with Crippen LogP contribution in [0.25, 0.3) is 0 Å². The molecule has 0 fully saturated rings. The van der Waals surface area contributed by atoms with Crippen molar-refractivity contribution in [3.05, 3.63) is 66.2 Å². The van der Waals surface area contributed by atoms with E-state index in [4.69, 9.17) is 0 Å². The van der Waals surface area contributed by atoms with Gasteiger partial charge in [0.25, 0.3) is 0 Å². The number of rotatable bonds is 8. The zero-order chi connectivity index (χ0) is 15.6. The molecule has 0 aromatic heterocycles. The van der Waals surface area contributed by atoms with Gasteiger partial charge in [-0.2, -0.15) is 0 Å². The molecule has 3 nitrogen and oxygen atoms in total. The van der Waals surface area contributed by atoms with Crippen molar-refractivity contribution in [2.45, 2.75) is 17.2 Å². The molecule has 0 heterocycles. The average Bonchev–Trinajstić information content (AvgIpc) is 2.58. The van der Waals surface area contributed by atoms with E-state index < -0.39 is 0 Å². The van der Waals surface area contributed by atoms with Crippen LogP contribution in [-0.4, -0.2) is 29.9 Å². The predicted octanol–water partition coefficient (Wildman–Crippen LogP) is 3.06. The molecule has 0 aliphatic carbocycles. The van der Waals surface area contributed by atoms with Crippen molar-refractivity contribution in [1.29, 1.82) is 0 Å². The molecule has 2 rings (SSSR count). The lowest BCUT2D eigenvalue weighted by Crippen LogP contribution is -2.30. The quantitative estimate of drug-likeness (QED) is 0.736. The summed E-state index contributed by atoms with van der Waals surface area (Å²) in [5, 5.41) is 12.2. The highest BCUT2D eigenvalue weighted by Crippen LogP contribution is 2.19. The van der Waals surface area contributed by atoms with Crippen molar-refractivity contribution in [1.82, 2.24) is 5.32 Å². The molecule has 22 heavy (non-hydrogen) atoms. The van der Waals surface area contributed by atoms with Gasteiger partial charge in [-0.25, -0.2) is 0 Å². The van der Waals surface area contributed by atoms with Crippen molar-refractivity contribution < 1.29 is 9.90 Å². The second-order valence-corrected chi connectivity index (χ2v) is 6.07. The van der Waals surface area contributed by atoms with Crippen LogP contribution in [0.3, 0.4) is 0 Å². The minimum absolute atomic E-state index is 0.0210. The summed E-state index contributed by atoms with van der Waals surface area (Å²) in [5.41, 5.74) is 1.15. The number of aliphatic hydroxyl groups excluding tert-OH is 1. The Morgan fingerprint density at radius 2 is 1.68 bits per heavy atom. The lowest BCUT2D eigenvalue weighted by molar-refractivity contribution is -0.118. The first kappa shape index (κ1) is 16.6. The molecule has 1 unspecified atom stereocenters. The van der Waals surface area contributed by atoms with Crippen molar-refractivity contribution >= 4 is 17.7 Å². The van der Waals surface area contributed by atoms with E-state index in [2.05, 4.69) is 5.32 Å². The Bertz CT molecular complexity index is 560. The fourth-order valence-corrected chi connectivity index (χ4v) is 2.97. The number of carbonyl (C=O) groups excluding carboxylic acids is 1. The first-order valence-electron chi connectivity index (χ1n) is 7.40. The summed E-state index contributed by atoms with van der Waals surface area (Å²) in [5.74, 6) is 0.578. The van der Waals surface area contributed by atoms with E-state index in [1.165, 1.54) is 11.8 Å². The number of benzene rings is 2. The Morgan fingerprint density at radius 3 is 2.32 bits per heavy atom. The van der Waals surface area contributed by atoms with E-state index in [1.54, 1.807) is 0 Å². The van der Waals surface area contributed by atoms with Crippen LogP contribution in [0, 0.1) is 0 Å². The Kier molecular flexibility index (Phi) is 7.00. The number of thioether (sulfide) groups is 1. The third kappa shape index (κ3) is 5.54. The minimum atomic E-state index is 0.0210. The standard InChI is InChI=1S/C18H21NO2S/c20-12-11-16(15-7-3-1-4-8-15)13-19-18(21)14-22-17-9-5-2-6-10-17/h1-10,16,20H,11-14H2,(H,19,21). The summed E-state index contributed by atoms with van der Waals surface area (Å²) in [7, 11) is 0. The smallest absolute Gasteiger partial charge is 0.230 e. The predicted molar refractivity (Wildman–Crippen MR) is 91.1 cm³/mol. The third-order valence-electron chi connectivity index (χ3n) is 3.41. The van der Waals surface area contributed by atoms with E-state index in [9.17, 15) is 9.90 Å². The Hall–Kier alpha value is -1.78. The van der Waals surface area contributed by atoms with Crippen molar-refractivity contribution in [3.63, 3.8) is 0 Å². The van der Waals surface area contributed by atoms with E-state index in [1.807, 2.05) is 60.7 Å². The lowest BCUT2D eigenvalue weighted by Gasteiger charge is -2.17. The zero-order valence-corrected chi connectivity index (χ0v) is 13.3. The van der Waals surface area contributed by atoms with Crippen LogP contribution < -0.4 is 5.32 Å². The first-order chi connectivity index (χ1) is 10.8. The number of hydrogen-bond donors (Lipinski definition) is 2. The molecule has 2 aromatic carbocycles. The molecule has 1 amide bonds. The van der Waals surface area contributed by atoms with Gasteiger partial charge in [0.1, 0.15) is 0 Å². The Morgan fingerprint density at radius 1 is 1.05 bits per heavy atom. The van der Waals surface area contributed by atoms with Crippen molar-refractivity contribution in [3.8, 4) is 0 Å². The van der Waals surface area contributed by atoms with Gasteiger partial charge in [0.15, 0.2) is 0 Å². The summed E-state index contributed by atoms with van der Waals surface area (Å²) in [4.78, 5) is 13.1. The average molecular weight is 315 g/mol. The second kappa shape index (κ2) is 9.28. The van der Waals surface area contributed by atoms with Gasteiger partial charge in [-0.1, -0.05) is 48.5 Å². The maximum absolute atomic E-state index is 12.0. The maximum atomic E-state index is 12.0. The fraction of sp³-hybridized carbons (Fsp3) is 0.278. The molecular weight excluding hydrogens is 294 g/mol. The lowest BCUT2D eigenvalue weighted by atomic mass is 9.96. The minimum Gasteiger partial charge on any atom is -0.396 e. The molecule has 2 aromatic rings. The molecule has 0 aliphatic rings. The molecule has 0 spiro atoms. The maximum Gasteiger partial charge on any atom is 0.230 e. The number of hydrogen-bond acceptors (Lipinski definition) is 3. The summed E-state index contributed by atoms with van der Waals surface area (Å²) < 4.78 is 0. The Labute approximate surface area is 135 Å². The molecule has 0 aliphatic heterocycles. The molecule has 2 N–H and O–H groups in total.